The van der Waals surface area contributed by atoms with Crippen LogP contribution in [0.25, 0.3) is 11.3 Å². The Morgan fingerprint density at radius 3 is 2.79 bits per heavy atom. The number of fused-ring (bicyclic) bond motifs is 1. The van der Waals surface area contributed by atoms with Crippen LogP contribution in [0.2, 0.25) is 0 Å². The highest BCUT2D eigenvalue weighted by molar-refractivity contribution is 8.01. The molecule has 1 aliphatic rings. The molecule has 1 aromatic heterocycles. The number of aromatic nitrogens is 1. The van der Waals surface area contributed by atoms with Crippen LogP contribution in [0.3, 0.4) is 0 Å². The normalized spacial score (nSPS) is 13.8. The second kappa shape index (κ2) is 8.67. The van der Waals surface area contributed by atoms with Gasteiger partial charge in [-0.1, -0.05) is 48.2 Å². The number of ether oxygens (including phenoxy) is 2. The van der Waals surface area contributed by atoms with Crippen molar-refractivity contribution in [2.24, 2.45) is 0 Å². The number of amides is 1. The van der Waals surface area contributed by atoms with Gasteiger partial charge in [-0.15, -0.1) is 11.3 Å². The standard InChI is InChI=1S/C21H20N2O3S2/c1-14(16-7-8-18-19(11-16)26-10-9-25-18)22-20(24)13-28-21-23-17(12-27-21)15-5-3-2-4-6-15/h2-8,11-12,14H,9-10,13H2,1H3,(H,22,24)/t14-/m1/s1. The van der Waals surface area contributed by atoms with Gasteiger partial charge in [0.2, 0.25) is 5.91 Å². The number of hydrogen-bond acceptors (Lipinski definition) is 6. The lowest BCUT2D eigenvalue weighted by Crippen LogP contribution is -2.28. The highest BCUT2D eigenvalue weighted by atomic mass is 32.2. The van der Waals surface area contributed by atoms with Gasteiger partial charge in [-0.2, -0.15) is 0 Å². The van der Waals surface area contributed by atoms with Crippen LogP contribution in [0.1, 0.15) is 18.5 Å². The summed E-state index contributed by atoms with van der Waals surface area (Å²) in [6.07, 6.45) is 0. The molecule has 0 saturated heterocycles. The molecule has 0 fully saturated rings. The third-order valence-corrected chi connectivity index (χ3v) is 6.34. The molecule has 1 N–H and O–H groups in total. The van der Waals surface area contributed by atoms with Crippen molar-refractivity contribution in [2.75, 3.05) is 19.0 Å². The van der Waals surface area contributed by atoms with Crippen LogP contribution < -0.4 is 14.8 Å². The van der Waals surface area contributed by atoms with Crippen LogP contribution in [0.5, 0.6) is 11.5 Å². The summed E-state index contributed by atoms with van der Waals surface area (Å²) in [6.45, 7) is 3.08. The summed E-state index contributed by atoms with van der Waals surface area (Å²) < 4.78 is 12.0. The van der Waals surface area contributed by atoms with Crippen LogP contribution >= 0.6 is 23.1 Å². The van der Waals surface area contributed by atoms with Crippen molar-refractivity contribution in [1.82, 2.24) is 10.3 Å². The maximum absolute atomic E-state index is 12.4. The predicted molar refractivity (Wildman–Crippen MR) is 112 cm³/mol. The molecular weight excluding hydrogens is 392 g/mol. The van der Waals surface area contributed by atoms with E-state index in [1.165, 1.54) is 11.8 Å². The van der Waals surface area contributed by atoms with Crippen molar-refractivity contribution in [1.29, 1.82) is 0 Å². The average molecular weight is 413 g/mol. The molecule has 1 aliphatic heterocycles. The maximum Gasteiger partial charge on any atom is 0.230 e. The summed E-state index contributed by atoms with van der Waals surface area (Å²) in [5, 5.41) is 5.05. The van der Waals surface area contributed by atoms with E-state index in [-0.39, 0.29) is 11.9 Å². The fourth-order valence-corrected chi connectivity index (χ4v) is 4.53. The summed E-state index contributed by atoms with van der Waals surface area (Å²) in [7, 11) is 0. The Labute approximate surface area is 172 Å². The van der Waals surface area contributed by atoms with Crippen molar-refractivity contribution < 1.29 is 14.3 Å². The maximum atomic E-state index is 12.4. The molecular formula is C21H20N2O3S2. The molecule has 144 valence electrons. The van der Waals surface area contributed by atoms with Crippen LogP contribution in [-0.2, 0) is 4.79 Å². The molecule has 5 nitrogen and oxygen atoms in total. The third-order valence-electron chi connectivity index (χ3n) is 4.32. The molecule has 2 aromatic carbocycles. The number of rotatable bonds is 6. The molecule has 4 rings (SSSR count). The SMILES string of the molecule is C[C@@H](NC(=O)CSc1nc(-c2ccccc2)cs1)c1ccc2c(c1)OCCO2. The van der Waals surface area contributed by atoms with Gasteiger partial charge in [-0.05, 0) is 24.6 Å². The third kappa shape index (κ3) is 4.48. The lowest BCUT2D eigenvalue weighted by molar-refractivity contribution is -0.119. The van der Waals surface area contributed by atoms with E-state index in [1.807, 2.05) is 60.8 Å². The largest absolute Gasteiger partial charge is 0.486 e. The average Bonchev–Trinajstić information content (AvgIpc) is 3.22. The van der Waals surface area contributed by atoms with E-state index in [1.54, 1.807) is 11.3 Å². The molecule has 0 radical (unpaired) electrons. The molecule has 0 bridgehead atoms. The van der Waals surface area contributed by atoms with Crippen molar-refractivity contribution >= 4 is 29.0 Å². The molecule has 28 heavy (non-hydrogen) atoms. The van der Waals surface area contributed by atoms with E-state index in [9.17, 15) is 4.79 Å². The van der Waals surface area contributed by atoms with Crippen molar-refractivity contribution in [2.45, 2.75) is 17.3 Å². The van der Waals surface area contributed by atoms with E-state index in [0.29, 0.717) is 19.0 Å². The second-order valence-electron chi connectivity index (χ2n) is 6.35. The van der Waals surface area contributed by atoms with E-state index in [0.717, 1.165) is 32.7 Å². The van der Waals surface area contributed by atoms with E-state index in [2.05, 4.69) is 10.3 Å². The zero-order valence-corrected chi connectivity index (χ0v) is 17.0. The topological polar surface area (TPSA) is 60.5 Å². The fraction of sp³-hybridized carbons (Fsp3) is 0.238. The smallest absolute Gasteiger partial charge is 0.230 e. The minimum atomic E-state index is -0.111. The number of nitrogens with one attached hydrogen (secondary N) is 1. The zero-order valence-electron chi connectivity index (χ0n) is 15.4. The first kappa shape index (κ1) is 18.8. The van der Waals surface area contributed by atoms with Crippen molar-refractivity contribution in [3.63, 3.8) is 0 Å². The number of carbonyl (C=O) groups is 1. The Morgan fingerprint density at radius 2 is 1.96 bits per heavy atom. The van der Waals surface area contributed by atoms with Gasteiger partial charge >= 0.3 is 0 Å². The van der Waals surface area contributed by atoms with Crippen LogP contribution in [0, 0.1) is 0 Å². The fourth-order valence-electron chi connectivity index (χ4n) is 2.89. The summed E-state index contributed by atoms with van der Waals surface area (Å²) >= 11 is 3.01. The molecule has 3 aromatic rings. The molecule has 0 spiro atoms. The molecule has 1 amide bonds. The Kier molecular flexibility index (Phi) is 5.83. The number of benzene rings is 2. The van der Waals surface area contributed by atoms with Crippen molar-refractivity contribution in [3.05, 3.63) is 59.5 Å². The van der Waals surface area contributed by atoms with Gasteiger partial charge in [0, 0.05) is 10.9 Å². The molecule has 2 heterocycles. The van der Waals surface area contributed by atoms with Crippen LogP contribution in [0.15, 0.2) is 58.3 Å². The predicted octanol–water partition coefficient (Wildman–Crippen LogP) is 4.55. The summed E-state index contributed by atoms with van der Waals surface area (Å²) in [4.78, 5) is 17.0. The Balaban J connectivity index is 1.31. The first-order valence-electron chi connectivity index (χ1n) is 9.02. The minimum absolute atomic E-state index is 0.0242. The number of hydrogen-bond donors (Lipinski definition) is 1. The van der Waals surface area contributed by atoms with Gasteiger partial charge in [0.25, 0.3) is 0 Å². The van der Waals surface area contributed by atoms with E-state index in [4.69, 9.17) is 9.47 Å². The minimum Gasteiger partial charge on any atom is -0.486 e. The number of nitrogens with zero attached hydrogens (tertiary/aromatic N) is 1. The Morgan fingerprint density at radius 1 is 1.18 bits per heavy atom. The number of thioether (sulfide) groups is 1. The summed E-state index contributed by atoms with van der Waals surface area (Å²) in [5.41, 5.74) is 3.02. The van der Waals surface area contributed by atoms with Gasteiger partial charge < -0.3 is 14.8 Å². The van der Waals surface area contributed by atoms with Crippen LogP contribution in [-0.4, -0.2) is 29.9 Å². The highest BCUT2D eigenvalue weighted by Crippen LogP contribution is 2.33. The number of carbonyl (C=O) groups excluding carboxylic acids is 1. The molecule has 0 unspecified atom stereocenters. The first-order valence-corrected chi connectivity index (χ1v) is 10.9. The van der Waals surface area contributed by atoms with Gasteiger partial charge in [0.15, 0.2) is 15.8 Å². The number of thiazole rings is 1. The van der Waals surface area contributed by atoms with E-state index >= 15 is 0 Å². The lowest BCUT2D eigenvalue weighted by Gasteiger charge is -2.21. The zero-order chi connectivity index (χ0) is 19.3. The molecule has 0 saturated carbocycles. The highest BCUT2D eigenvalue weighted by Gasteiger charge is 2.16. The first-order chi connectivity index (χ1) is 13.7. The Bertz CT molecular complexity index is 959. The summed E-state index contributed by atoms with van der Waals surface area (Å²) in [6, 6.07) is 15.7. The quantitative estimate of drug-likeness (QED) is 0.602. The summed E-state index contributed by atoms with van der Waals surface area (Å²) in [5.74, 6) is 1.79. The van der Waals surface area contributed by atoms with Gasteiger partial charge in [0.05, 0.1) is 17.5 Å². The molecule has 1 atom stereocenters. The Hall–Kier alpha value is -2.51. The lowest BCUT2D eigenvalue weighted by atomic mass is 10.1. The molecule has 7 heteroatoms. The molecule has 0 aliphatic carbocycles. The van der Waals surface area contributed by atoms with Gasteiger partial charge in [0.1, 0.15) is 13.2 Å². The second-order valence-corrected chi connectivity index (χ2v) is 8.43. The monoisotopic (exact) mass is 412 g/mol. The van der Waals surface area contributed by atoms with Crippen molar-refractivity contribution in [3.8, 4) is 22.8 Å². The van der Waals surface area contributed by atoms with Gasteiger partial charge in [-0.3, -0.25) is 4.79 Å². The van der Waals surface area contributed by atoms with Crippen LogP contribution in [0.4, 0.5) is 0 Å². The van der Waals surface area contributed by atoms with Gasteiger partial charge in [-0.25, -0.2) is 4.98 Å². The van der Waals surface area contributed by atoms with E-state index < -0.39 is 0 Å².